The fraction of sp³-hybridized carbons (Fsp3) is 0.857. The summed E-state index contributed by atoms with van der Waals surface area (Å²) in [5.41, 5.74) is 4.74. The molecule has 4 N–H and O–H groups in total. The first-order valence-electron chi connectivity index (χ1n) is 7.16. The lowest BCUT2D eigenvalue weighted by Gasteiger charge is -2.36. The highest BCUT2D eigenvalue weighted by molar-refractivity contribution is 5.80. The largest absolute Gasteiger partial charge is 0.481 e. The van der Waals surface area contributed by atoms with Crippen LogP contribution < -0.4 is 11.1 Å². The zero-order valence-corrected chi connectivity index (χ0v) is 11.9. The van der Waals surface area contributed by atoms with Gasteiger partial charge in [0.25, 0.3) is 0 Å². The van der Waals surface area contributed by atoms with Crippen molar-refractivity contribution in [3.05, 3.63) is 0 Å². The van der Waals surface area contributed by atoms with Gasteiger partial charge in [-0.1, -0.05) is 13.8 Å². The number of carboxylic acid groups (broad SMARTS) is 1. The van der Waals surface area contributed by atoms with Gasteiger partial charge in [-0.2, -0.15) is 0 Å². The predicted octanol–water partition coefficient (Wildman–Crippen LogP) is 1.37. The lowest BCUT2D eigenvalue weighted by atomic mass is 9.70. The van der Waals surface area contributed by atoms with Crippen LogP contribution in [0.2, 0.25) is 0 Å². The number of hydrogen-bond donors (Lipinski definition) is 3. The summed E-state index contributed by atoms with van der Waals surface area (Å²) >= 11 is 0. The minimum atomic E-state index is -0.791. The average molecular weight is 270 g/mol. The van der Waals surface area contributed by atoms with Gasteiger partial charge in [-0.3, -0.25) is 9.59 Å². The van der Waals surface area contributed by atoms with Crippen LogP contribution in [-0.2, 0) is 9.59 Å². The van der Waals surface area contributed by atoms with E-state index in [0.29, 0.717) is 31.7 Å². The van der Waals surface area contributed by atoms with E-state index in [-0.39, 0.29) is 18.4 Å². The molecule has 0 saturated heterocycles. The fourth-order valence-electron chi connectivity index (χ4n) is 2.64. The first kappa shape index (κ1) is 16.0. The monoisotopic (exact) mass is 270 g/mol. The van der Waals surface area contributed by atoms with Gasteiger partial charge in [0.1, 0.15) is 0 Å². The van der Waals surface area contributed by atoms with Crippen LogP contribution >= 0.6 is 0 Å². The molecular weight excluding hydrogens is 244 g/mol. The molecule has 0 spiro atoms. The van der Waals surface area contributed by atoms with Crippen molar-refractivity contribution in [3.63, 3.8) is 0 Å². The molecule has 1 unspecified atom stereocenters. The lowest BCUT2D eigenvalue weighted by molar-refractivity contribution is -0.151. The summed E-state index contributed by atoms with van der Waals surface area (Å²) in [6, 6.07) is 0. The third-order valence-electron chi connectivity index (χ3n) is 4.43. The van der Waals surface area contributed by atoms with Gasteiger partial charge in [-0.25, -0.2) is 0 Å². The molecule has 110 valence electrons. The summed E-state index contributed by atoms with van der Waals surface area (Å²) in [5, 5.41) is 12.3. The Morgan fingerprint density at radius 3 is 2.42 bits per heavy atom. The number of carbonyl (C=O) groups excluding carboxylic acids is 1. The molecule has 5 heteroatoms. The quantitative estimate of drug-likeness (QED) is 0.679. The third kappa shape index (κ3) is 3.93. The summed E-state index contributed by atoms with van der Waals surface area (Å²) in [6.45, 7) is 4.59. The summed E-state index contributed by atoms with van der Waals surface area (Å²) in [4.78, 5) is 23.4. The highest BCUT2D eigenvalue weighted by atomic mass is 16.4. The first-order valence-corrected chi connectivity index (χ1v) is 7.16. The Labute approximate surface area is 114 Å². The molecule has 1 fully saturated rings. The molecule has 0 aromatic heterocycles. The number of nitrogens with one attached hydrogen (secondary N) is 1. The van der Waals surface area contributed by atoms with Crippen molar-refractivity contribution in [2.24, 2.45) is 23.0 Å². The maximum absolute atomic E-state index is 11.9. The Morgan fingerprint density at radius 1 is 1.42 bits per heavy atom. The van der Waals surface area contributed by atoms with Crippen molar-refractivity contribution in [3.8, 4) is 0 Å². The van der Waals surface area contributed by atoms with E-state index >= 15 is 0 Å². The number of carbonyl (C=O) groups is 2. The van der Waals surface area contributed by atoms with Crippen LogP contribution in [0.5, 0.6) is 0 Å². The Bertz CT molecular complexity index is 319. The number of rotatable bonds is 6. The average Bonchev–Trinajstić information content (AvgIpc) is 2.39. The number of amides is 1. The Kier molecular flexibility index (Phi) is 5.79. The number of aliphatic carboxylic acids is 1. The van der Waals surface area contributed by atoms with Crippen LogP contribution in [0.15, 0.2) is 0 Å². The van der Waals surface area contributed by atoms with Gasteiger partial charge in [-0.15, -0.1) is 0 Å². The van der Waals surface area contributed by atoms with E-state index < -0.39 is 11.4 Å². The molecule has 0 radical (unpaired) electrons. The molecule has 0 bridgehead atoms. The van der Waals surface area contributed by atoms with Crippen molar-refractivity contribution in [2.45, 2.75) is 46.0 Å². The zero-order chi connectivity index (χ0) is 14.5. The second-order valence-electron chi connectivity index (χ2n) is 5.83. The molecule has 19 heavy (non-hydrogen) atoms. The van der Waals surface area contributed by atoms with E-state index in [2.05, 4.69) is 12.2 Å². The van der Waals surface area contributed by atoms with E-state index in [1.807, 2.05) is 6.92 Å². The van der Waals surface area contributed by atoms with Crippen LogP contribution in [0.25, 0.3) is 0 Å². The maximum Gasteiger partial charge on any atom is 0.311 e. The first-order chi connectivity index (χ1) is 8.95. The highest BCUT2D eigenvalue weighted by Crippen LogP contribution is 2.38. The van der Waals surface area contributed by atoms with Crippen molar-refractivity contribution >= 4 is 11.9 Å². The van der Waals surface area contributed by atoms with Gasteiger partial charge in [-0.05, 0) is 38.0 Å². The van der Waals surface area contributed by atoms with E-state index in [1.165, 1.54) is 0 Å². The number of nitrogens with two attached hydrogens (primary N) is 1. The van der Waals surface area contributed by atoms with Crippen molar-refractivity contribution in [1.29, 1.82) is 0 Å². The SMILES string of the molecule is CCC(CN)C(=O)NCC1(C(=O)O)CCC(C)CC1. The molecule has 1 rings (SSSR count). The zero-order valence-electron chi connectivity index (χ0n) is 11.9. The summed E-state index contributed by atoms with van der Waals surface area (Å²) < 4.78 is 0. The maximum atomic E-state index is 11.9. The molecule has 0 aromatic carbocycles. The van der Waals surface area contributed by atoms with Gasteiger partial charge in [0.15, 0.2) is 0 Å². The van der Waals surface area contributed by atoms with Crippen LogP contribution in [0.3, 0.4) is 0 Å². The van der Waals surface area contributed by atoms with Crippen molar-refractivity contribution < 1.29 is 14.7 Å². The van der Waals surface area contributed by atoms with Gasteiger partial charge < -0.3 is 16.2 Å². The summed E-state index contributed by atoms with van der Waals surface area (Å²) in [5.74, 6) is -0.547. The van der Waals surface area contributed by atoms with Crippen molar-refractivity contribution in [2.75, 3.05) is 13.1 Å². The van der Waals surface area contributed by atoms with E-state index in [9.17, 15) is 14.7 Å². The van der Waals surface area contributed by atoms with E-state index in [0.717, 1.165) is 12.8 Å². The molecular formula is C14H26N2O3. The molecule has 0 heterocycles. The molecule has 1 atom stereocenters. The minimum absolute atomic E-state index is 0.121. The fourth-order valence-corrected chi connectivity index (χ4v) is 2.64. The van der Waals surface area contributed by atoms with Gasteiger partial charge in [0.05, 0.1) is 5.41 Å². The van der Waals surface area contributed by atoms with Crippen molar-refractivity contribution in [1.82, 2.24) is 5.32 Å². The van der Waals surface area contributed by atoms with Gasteiger partial charge >= 0.3 is 5.97 Å². The van der Waals surface area contributed by atoms with Crippen LogP contribution in [-0.4, -0.2) is 30.1 Å². The third-order valence-corrected chi connectivity index (χ3v) is 4.43. The highest BCUT2D eigenvalue weighted by Gasteiger charge is 2.41. The van der Waals surface area contributed by atoms with Gasteiger partial charge in [0, 0.05) is 19.0 Å². The topological polar surface area (TPSA) is 92.4 Å². The summed E-state index contributed by atoms with van der Waals surface area (Å²) in [6.07, 6.45) is 3.79. The Hall–Kier alpha value is -1.10. The molecule has 1 amide bonds. The molecule has 0 aromatic rings. The Balaban J connectivity index is 2.60. The Morgan fingerprint density at radius 2 is 2.00 bits per heavy atom. The molecule has 0 aliphatic heterocycles. The lowest BCUT2D eigenvalue weighted by Crippen LogP contribution is -2.47. The number of carboxylic acids is 1. The molecule has 5 nitrogen and oxygen atoms in total. The smallest absolute Gasteiger partial charge is 0.311 e. The van der Waals surface area contributed by atoms with Crippen LogP contribution in [0, 0.1) is 17.3 Å². The van der Waals surface area contributed by atoms with Crippen LogP contribution in [0.4, 0.5) is 0 Å². The van der Waals surface area contributed by atoms with E-state index in [1.54, 1.807) is 0 Å². The second kappa shape index (κ2) is 6.89. The molecule has 1 aliphatic rings. The normalized spacial score (nSPS) is 28.7. The summed E-state index contributed by atoms with van der Waals surface area (Å²) in [7, 11) is 0. The standard InChI is InChI=1S/C14H26N2O3/c1-3-11(8-15)12(17)16-9-14(13(18)19)6-4-10(2)5-7-14/h10-11H,3-9,15H2,1-2H3,(H,16,17)(H,18,19). The molecule has 1 aliphatic carbocycles. The minimum Gasteiger partial charge on any atom is -0.481 e. The second-order valence-corrected chi connectivity index (χ2v) is 5.83. The van der Waals surface area contributed by atoms with E-state index in [4.69, 9.17) is 5.73 Å². The number of hydrogen-bond acceptors (Lipinski definition) is 3. The van der Waals surface area contributed by atoms with Crippen LogP contribution in [0.1, 0.15) is 46.0 Å². The predicted molar refractivity (Wildman–Crippen MR) is 73.5 cm³/mol. The van der Waals surface area contributed by atoms with Gasteiger partial charge in [0.2, 0.25) is 5.91 Å². The molecule has 1 saturated carbocycles.